The molecule has 5 rings (SSSR count). The van der Waals surface area contributed by atoms with Crippen LogP contribution in [0.25, 0.3) is 22.0 Å². The van der Waals surface area contributed by atoms with Gasteiger partial charge in [0.2, 0.25) is 0 Å². The maximum atomic E-state index is 13.4. The molecule has 2 aromatic carbocycles. The average molecular weight is 569 g/mol. The van der Waals surface area contributed by atoms with E-state index in [0.29, 0.717) is 37.3 Å². The molecule has 1 atom stereocenters. The summed E-state index contributed by atoms with van der Waals surface area (Å²) in [6, 6.07) is 16.9. The van der Waals surface area contributed by atoms with Gasteiger partial charge in [-0.2, -0.15) is 0 Å². The van der Waals surface area contributed by atoms with Crippen molar-refractivity contribution in [2.45, 2.75) is 32.4 Å². The third-order valence-corrected chi connectivity index (χ3v) is 7.04. The molecule has 4 aromatic rings. The summed E-state index contributed by atoms with van der Waals surface area (Å²) in [5.74, 6) is -0.956. The number of fused-ring (bicyclic) bond motifs is 1. The summed E-state index contributed by atoms with van der Waals surface area (Å²) < 4.78 is 5.48. The van der Waals surface area contributed by atoms with E-state index in [4.69, 9.17) is 10.5 Å². The van der Waals surface area contributed by atoms with Gasteiger partial charge in [-0.05, 0) is 60.5 Å². The monoisotopic (exact) mass is 568 g/mol. The normalized spacial score (nSPS) is 14.5. The molecular weight excluding hydrogens is 536 g/mol. The van der Waals surface area contributed by atoms with E-state index in [0.717, 1.165) is 16.6 Å². The van der Waals surface area contributed by atoms with Crippen molar-refractivity contribution < 1.29 is 19.2 Å². The summed E-state index contributed by atoms with van der Waals surface area (Å²) in [5, 5.41) is 12.4. The third kappa shape index (κ3) is 6.21. The van der Waals surface area contributed by atoms with Crippen LogP contribution >= 0.6 is 0 Å². The maximum Gasteiger partial charge on any atom is 0.410 e. The van der Waals surface area contributed by atoms with E-state index >= 15 is 0 Å². The SMILES string of the molecule is CC(C)(C)OC(=O)N1CCN(c2ccc3cc(C(=O)C(N)c4cc(-c5ccccc5)cnc4[N+](=O)[O-])cnc3c2)CC1. The molecule has 11 heteroatoms. The van der Waals surface area contributed by atoms with Crippen LogP contribution in [0.5, 0.6) is 0 Å². The van der Waals surface area contributed by atoms with E-state index in [1.807, 2.05) is 69.3 Å². The van der Waals surface area contributed by atoms with Gasteiger partial charge < -0.3 is 30.4 Å². The number of aromatic nitrogens is 2. The van der Waals surface area contributed by atoms with Gasteiger partial charge in [0.25, 0.3) is 0 Å². The lowest BCUT2D eigenvalue weighted by molar-refractivity contribution is -0.390. The van der Waals surface area contributed by atoms with Crippen LogP contribution in [-0.2, 0) is 4.74 Å². The second kappa shape index (κ2) is 11.5. The molecule has 0 aliphatic carbocycles. The van der Waals surface area contributed by atoms with Crippen LogP contribution in [0.4, 0.5) is 16.3 Å². The molecular formula is C31H32N6O5. The van der Waals surface area contributed by atoms with Crippen molar-refractivity contribution in [2.24, 2.45) is 5.73 Å². The van der Waals surface area contributed by atoms with Crippen molar-refractivity contribution in [3.63, 3.8) is 0 Å². The molecule has 2 N–H and O–H groups in total. The highest BCUT2D eigenvalue weighted by Crippen LogP contribution is 2.30. The van der Waals surface area contributed by atoms with Gasteiger partial charge in [-0.25, -0.2) is 4.79 Å². The number of carbonyl (C=O) groups excluding carboxylic acids is 2. The van der Waals surface area contributed by atoms with Gasteiger partial charge in [0.15, 0.2) is 5.78 Å². The lowest BCUT2D eigenvalue weighted by Gasteiger charge is -2.36. The summed E-state index contributed by atoms with van der Waals surface area (Å²) >= 11 is 0. The van der Waals surface area contributed by atoms with E-state index < -0.39 is 28.2 Å². The van der Waals surface area contributed by atoms with Crippen molar-refractivity contribution in [1.82, 2.24) is 14.9 Å². The molecule has 0 radical (unpaired) electrons. The summed E-state index contributed by atoms with van der Waals surface area (Å²) in [7, 11) is 0. The Hall–Kier alpha value is -4.90. The van der Waals surface area contributed by atoms with Crippen LogP contribution in [-0.4, -0.2) is 63.4 Å². The summed E-state index contributed by atoms with van der Waals surface area (Å²) in [4.78, 5) is 49.3. The number of benzene rings is 2. The number of anilines is 1. The van der Waals surface area contributed by atoms with Crippen LogP contribution < -0.4 is 10.6 Å². The number of hydrogen-bond acceptors (Lipinski definition) is 9. The highest BCUT2D eigenvalue weighted by atomic mass is 16.6. The Bertz CT molecular complexity index is 1650. The Morgan fingerprint density at radius 3 is 2.33 bits per heavy atom. The maximum absolute atomic E-state index is 13.4. The molecule has 1 unspecified atom stereocenters. The van der Waals surface area contributed by atoms with Crippen molar-refractivity contribution in [2.75, 3.05) is 31.1 Å². The first-order valence-electron chi connectivity index (χ1n) is 13.6. The van der Waals surface area contributed by atoms with Crippen molar-refractivity contribution in [3.05, 3.63) is 94.3 Å². The van der Waals surface area contributed by atoms with Gasteiger partial charge in [0, 0.05) is 54.6 Å². The standard InChI is InChI=1S/C31H32N6O5/c1-31(2,3)42-30(39)36-13-11-35(12-14-36)24-10-9-21-15-23(19-33-26(21)17-24)28(38)27(32)25-16-22(18-34-29(25)37(40)41)20-7-5-4-6-8-20/h4-10,15-19,27H,11-14,32H2,1-3H3. The summed E-state index contributed by atoms with van der Waals surface area (Å²) in [6.07, 6.45) is 2.53. The van der Waals surface area contributed by atoms with Gasteiger partial charge >= 0.3 is 11.9 Å². The Morgan fingerprint density at radius 1 is 0.952 bits per heavy atom. The molecule has 11 nitrogen and oxygen atoms in total. The number of piperazine rings is 1. The summed E-state index contributed by atoms with van der Waals surface area (Å²) in [6.45, 7) is 7.91. The van der Waals surface area contributed by atoms with Crippen LogP contribution in [0.3, 0.4) is 0 Å². The number of carbonyl (C=O) groups is 2. The molecule has 3 heterocycles. The summed E-state index contributed by atoms with van der Waals surface area (Å²) in [5.41, 5.74) is 9.12. The van der Waals surface area contributed by atoms with E-state index in [1.165, 1.54) is 12.4 Å². The topological polar surface area (TPSA) is 145 Å². The van der Waals surface area contributed by atoms with Gasteiger partial charge in [-0.1, -0.05) is 36.4 Å². The minimum Gasteiger partial charge on any atom is -0.444 e. The fourth-order valence-electron chi connectivity index (χ4n) is 4.88. The number of nitrogens with two attached hydrogens (primary N) is 1. The molecule has 0 bridgehead atoms. The first-order valence-corrected chi connectivity index (χ1v) is 13.6. The lowest BCUT2D eigenvalue weighted by Crippen LogP contribution is -2.50. The number of pyridine rings is 2. The number of rotatable bonds is 6. The molecule has 42 heavy (non-hydrogen) atoms. The van der Waals surface area contributed by atoms with E-state index in [-0.39, 0.29) is 17.2 Å². The van der Waals surface area contributed by atoms with Crippen LogP contribution in [0.15, 0.2) is 73.1 Å². The Kier molecular flexibility index (Phi) is 7.86. The predicted molar refractivity (Wildman–Crippen MR) is 159 cm³/mol. The van der Waals surface area contributed by atoms with Crippen molar-refractivity contribution in [1.29, 1.82) is 0 Å². The van der Waals surface area contributed by atoms with Gasteiger partial charge in [0.05, 0.1) is 11.1 Å². The van der Waals surface area contributed by atoms with E-state index in [1.54, 1.807) is 17.0 Å². The minimum atomic E-state index is -1.30. The van der Waals surface area contributed by atoms with Gasteiger partial charge in [-0.15, -0.1) is 0 Å². The first kappa shape index (κ1) is 28.6. The molecule has 1 aliphatic rings. The van der Waals surface area contributed by atoms with Crippen LogP contribution in [0.2, 0.25) is 0 Å². The van der Waals surface area contributed by atoms with E-state index in [9.17, 15) is 19.7 Å². The van der Waals surface area contributed by atoms with Gasteiger partial charge in [0.1, 0.15) is 17.8 Å². The smallest absolute Gasteiger partial charge is 0.410 e. The molecule has 1 saturated heterocycles. The van der Waals surface area contributed by atoms with Crippen LogP contribution in [0.1, 0.15) is 42.7 Å². The third-order valence-electron chi connectivity index (χ3n) is 7.04. The number of Topliss-reactive ketones (excluding diaryl/α,β-unsaturated/α-hetero) is 1. The van der Waals surface area contributed by atoms with E-state index in [2.05, 4.69) is 14.9 Å². The number of nitrogens with zero attached hydrogens (tertiary/aromatic N) is 5. The molecule has 1 aliphatic heterocycles. The van der Waals surface area contributed by atoms with Crippen molar-refractivity contribution >= 4 is 34.3 Å². The second-order valence-corrected chi connectivity index (χ2v) is 11.2. The predicted octanol–water partition coefficient (Wildman–Crippen LogP) is 5.14. The number of nitro groups is 1. The molecule has 1 fully saturated rings. The largest absolute Gasteiger partial charge is 0.444 e. The fraction of sp³-hybridized carbons (Fsp3) is 0.290. The highest BCUT2D eigenvalue weighted by molar-refractivity contribution is 6.03. The lowest BCUT2D eigenvalue weighted by atomic mass is 9.96. The fourth-order valence-corrected chi connectivity index (χ4v) is 4.88. The second-order valence-electron chi connectivity index (χ2n) is 11.2. The number of hydrogen-bond donors (Lipinski definition) is 1. The molecule has 2 aromatic heterocycles. The zero-order valence-corrected chi connectivity index (χ0v) is 23.7. The molecule has 216 valence electrons. The highest BCUT2D eigenvalue weighted by Gasteiger charge is 2.29. The Morgan fingerprint density at radius 2 is 1.67 bits per heavy atom. The van der Waals surface area contributed by atoms with Gasteiger partial charge in [-0.3, -0.25) is 9.78 Å². The number of ketones is 1. The zero-order chi connectivity index (χ0) is 30.0. The molecule has 0 saturated carbocycles. The molecule has 1 amide bonds. The number of ether oxygens (including phenoxy) is 1. The zero-order valence-electron chi connectivity index (χ0n) is 23.7. The molecule has 0 spiro atoms. The van der Waals surface area contributed by atoms with Crippen LogP contribution in [0, 0.1) is 10.1 Å². The first-order chi connectivity index (χ1) is 20.0. The number of amides is 1. The quantitative estimate of drug-likeness (QED) is 0.190. The minimum absolute atomic E-state index is 0.0346. The Balaban J connectivity index is 1.33. The average Bonchev–Trinajstić information content (AvgIpc) is 2.99. The van der Waals surface area contributed by atoms with Crippen molar-refractivity contribution in [3.8, 4) is 11.1 Å². The Labute approximate surface area is 243 Å².